The van der Waals surface area contributed by atoms with E-state index >= 15 is 0 Å². The van der Waals surface area contributed by atoms with Gasteiger partial charge in [-0.3, -0.25) is 24.9 Å². The molecular weight excluding hydrogens is 308 g/mol. The summed E-state index contributed by atoms with van der Waals surface area (Å²) in [5.41, 5.74) is 0.195. The highest BCUT2D eigenvalue weighted by molar-refractivity contribution is 5.58. The first kappa shape index (κ1) is 14.3. The Kier molecular flexibility index (Phi) is 3.51. The summed E-state index contributed by atoms with van der Waals surface area (Å²) in [4.78, 5) is 24.4. The molecule has 0 aliphatic rings. The van der Waals surface area contributed by atoms with Crippen molar-refractivity contribution < 1.29 is 14.4 Å². The summed E-state index contributed by atoms with van der Waals surface area (Å²) in [5, 5.41) is 28.9. The van der Waals surface area contributed by atoms with Gasteiger partial charge in [-0.1, -0.05) is 17.3 Å². The first-order chi connectivity index (χ1) is 11.0. The van der Waals surface area contributed by atoms with Gasteiger partial charge in [0, 0.05) is 17.7 Å². The summed E-state index contributed by atoms with van der Waals surface area (Å²) in [6.07, 6.45) is 2.34. The molecule has 3 rings (SSSR count). The molecule has 0 spiro atoms. The molecule has 0 saturated heterocycles. The van der Waals surface area contributed by atoms with Crippen LogP contribution >= 0.6 is 0 Å². The van der Waals surface area contributed by atoms with Gasteiger partial charge < -0.3 is 4.52 Å². The number of nitro groups is 2. The van der Waals surface area contributed by atoms with Crippen molar-refractivity contribution in [1.82, 2.24) is 19.9 Å². The molecule has 3 aromatic rings. The maximum Gasteiger partial charge on any atom is 0.307 e. The normalized spacial score (nSPS) is 10.6. The van der Waals surface area contributed by atoms with E-state index in [1.165, 1.54) is 29.1 Å². The third-order valence-electron chi connectivity index (χ3n) is 2.91. The molecule has 11 heteroatoms. The van der Waals surface area contributed by atoms with Crippen LogP contribution in [0.25, 0.3) is 11.4 Å². The van der Waals surface area contributed by atoms with Gasteiger partial charge in [0.25, 0.3) is 5.69 Å². The Hall–Kier alpha value is -3.63. The smallest absolute Gasteiger partial charge is 0.307 e. The second-order valence-corrected chi connectivity index (χ2v) is 4.47. The molecule has 23 heavy (non-hydrogen) atoms. The largest absolute Gasteiger partial charge is 0.337 e. The maximum absolute atomic E-state index is 10.8. The molecule has 0 aliphatic heterocycles. The van der Waals surface area contributed by atoms with Crippen molar-refractivity contribution in [1.29, 1.82) is 0 Å². The van der Waals surface area contributed by atoms with Crippen molar-refractivity contribution in [2.45, 2.75) is 6.54 Å². The van der Waals surface area contributed by atoms with Crippen LogP contribution < -0.4 is 0 Å². The molecule has 0 aliphatic carbocycles. The third kappa shape index (κ3) is 3.02. The van der Waals surface area contributed by atoms with Gasteiger partial charge in [-0.2, -0.15) is 10.1 Å². The van der Waals surface area contributed by atoms with Crippen molar-refractivity contribution in [3.63, 3.8) is 0 Å². The second-order valence-electron chi connectivity index (χ2n) is 4.47. The summed E-state index contributed by atoms with van der Waals surface area (Å²) < 4.78 is 6.31. The Bertz CT molecular complexity index is 885. The molecule has 0 fully saturated rings. The fourth-order valence-corrected chi connectivity index (χ4v) is 1.87. The van der Waals surface area contributed by atoms with Crippen molar-refractivity contribution >= 4 is 11.4 Å². The summed E-state index contributed by atoms with van der Waals surface area (Å²) in [7, 11) is 0. The Morgan fingerprint density at radius 3 is 2.65 bits per heavy atom. The van der Waals surface area contributed by atoms with E-state index in [4.69, 9.17) is 4.52 Å². The number of hydrogen-bond donors (Lipinski definition) is 0. The highest BCUT2D eigenvalue weighted by Gasteiger charge is 2.14. The summed E-state index contributed by atoms with van der Waals surface area (Å²) in [5.74, 6) is 0.356. The maximum atomic E-state index is 10.8. The molecule has 116 valence electrons. The van der Waals surface area contributed by atoms with Crippen molar-refractivity contribution in [3.8, 4) is 11.4 Å². The van der Waals surface area contributed by atoms with Crippen LogP contribution in [0.3, 0.4) is 0 Å². The van der Waals surface area contributed by atoms with Crippen molar-refractivity contribution in [2.24, 2.45) is 0 Å². The molecule has 0 amide bonds. The van der Waals surface area contributed by atoms with Crippen LogP contribution in [0.4, 0.5) is 11.4 Å². The van der Waals surface area contributed by atoms with Gasteiger partial charge in [0.15, 0.2) is 0 Å². The minimum atomic E-state index is -0.564. The first-order valence-electron chi connectivity index (χ1n) is 6.27. The summed E-state index contributed by atoms with van der Waals surface area (Å²) in [6.45, 7) is 0.0514. The predicted octanol–water partition coefficient (Wildman–Crippen LogP) is 1.80. The van der Waals surface area contributed by atoms with E-state index in [2.05, 4.69) is 15.2 Å². The average molecular weight is 316 g/mol. The minimum Gasteiger partial charge on any atom is -0.337 e. The number of hydrogen-bond acceptors (Lipinski definition) is 8. The molecule has 1 aromatic carbocycles. The van der Waals surface area contributed by atoms with E-state index in [-0.39, 0.29) is 29.6 Å². The standard InChI is InChI=1S/C12H8N6O5/c19-17(20)9-3-1-2-8(4-9)12-14-11(23-15-12)7-16-6-10(5-13-16)18(21)22/h1-6H,7H2. The topological polar surface area (TPSA) is 143 Å². The summed E-state index contributed by atoms with van der Waals surface area (Å²) in [6, 6.07) is 5.81. The Morgan fingerprint density at radius 2 is 1.96 bits per heavy atom. The van der Waals surface area contributed by atoms with Crippen molar-refractivity contribution in [3.05, 3.63) is 62.8 Å². The molecule has 0 N–H and O–H groups in total. The zero-order valence-electron chi connectivity index (χ0n) is 11.4. The SMILES string of the molecule is O=[N+]([O-])c1cccc(-c2noc(Cn3cc([N+](=O)[O-])cn3)n2)c1. The van der Waals surface area contributed by atoms with Gasteiger partial charge in [0.1, 0.15) is 18.9 Å². The van der Waals surface area contributed by atoms with E-state index in [9.17, 15) is 20.2 Å². The van der Waals surface area contributed by atoms with Crippen LogP contribution in [-0.2, 0) is 6.54 Å². The number of non-ortho nitro benzene ring substituents is 1. The molecule has 11 nitrogen and oxygen atoms in total. The van der Waals surface area contributed by atoms with Crippen LogP contribution in [0.1, 0.15) is 5.89 Å². The lowest BCUT2D eigenvalue weighted by atomic mass is 10.2. The second kappa shape index (κ2) is 5.63. The van der Waals surface area contributed by atoms with Gasteiger partial charge in [-0.05, 0) is 0 Å². The van der Waals surface area contributed by atoms with Gasteiger partial charge in [-0.25, -0.2) is 0 Å². The lowest BCUT2D eigenvalue weighted by molar-refractivity contribution is -0.385. The van der Waals surface area contributed by atoms with E-state index in [1.807, 2.05) is 0 Å². The summed E-state index contributed by atoms with van der Waals surface area (Å²) >= 11 is 0. The first-order valence-corrected chi connectivity index (χ1v) is 6.27. The average Bonchev–Trinajstić information content (AvgIpc) is 3.17. The van der Waals surface area contributed by atoms with Gasteiger partial charge >= 0.3 is 5.69 Å². The molecular formula is C12H8N6O5. The fourth-order valence-electron chi connectivity index (χ4n) is 1.87. The fraction of sp³-hybridized carbons (Fsp3) is 0.0833. The van der Waals surface area contributed by atoms with Gasteiger partial charge in [0.05, 0.1) is 9.85 Å². The van der Waals surface area contributed by atoms with Gasteiger partial charge in [-0.15, -0.1) is 0 Å². The number of benzene rings is 1. The predicted molar refractivity (Wildman–Crippen MR) is 74.4 cm³/mol. The van der Waals surface area contributed by atoms with E-state index in [0.717, 1.165) is 6.20 Å². The lowest BCUT2D eigenvalue weighted by Gasteiger charge is -1.94. The number of aromatic nitrogens is 4. The Morgan fingerprint density at radius 1 is 1.17 bits per heavy atom. The van der Waals surface area contributed by atoms with Crippen LogP contribution in [0.5, 0.6) is 0 Å². The number of rotatable bonds is 5. The Balaban J connectivity index is 1.81. The highest BCUT2D eigenvalue weighted by atomic mass is 16.6. The van der Waals surface area contributed by atoms with Crippen LogP contribution in [-0.4, -0.2) is 29.8 Å². The lowest BCUT2D eigenvalue weighted by Crippen LogP contribution is -2.00. The molecule has 0 unspecified atom stereocenters. The van der Waals surface area contributed by atoms with Crippen LogP contribution in [0.15, 0.2) is 41.2 Å². The number of nitro benzene ring substituents is 1. The molecule has 0 radical (unpaired) electrons. The van der Waals surface area contributed by atoms with Crippen LogP contribution in [0, 0.1) is 20.2 Å². The van der Waals surface area contributed by atoms with E-state index < -0.39 is 9.85 Å². The van der Waals surface area contributed by atoms with Gasteiger partial charge in [0.2, 0.25) is 11.7 Å². The van der Waals surface area contributed by atoms with Crippen LogP contribution in [0.2, 0.25) is 0 Å². The third-order valence-corrected chi connectivity index (χ3v) is 2.91. The quantitative estimate of drug-likeness (QED) is 0.512. The Labute approximate surface area is 127 Å². The zero-order chi connectivity index (χ0) is 16.4. The van der Waals surface area contributed by atoms with Crippen molar-refractivity contribution in [2.75, 3.05) is 0 Å². The molecule has 2 aromatic heterocycles. The number of nitrogens with zero attached hydrogens (tertiary/aromatic N) is 6. The zero-order valence-corrected chi connectivity index (χ0v) is 11.4. The molecule has 0 atom stereocenters. The minimum absolute atomic E-state index is 0.0514. The highest BCUT2D eigenvalue weighted by Crippen LogP contribution is 2.21. The van der Waals surface area contributed by atoms with E-state index in [0.29, 0.717) is 5.56 Å². The van der Waals surface area contributed by atoms with E-state index in [1.54, 1.807) is 6.07 Å². The monoisotopic (exact) mass is 316 g/mol. The molecule has 2 heterocycles. The molecule has 0 saturated carbocycles. The molecule has 0 bridgehead atoms.